The Balaban J connectivity index is 1.82. The summed E-state index contributed by atoms with van der Waals surface area (Å²) in [7, 11) is 0. The van der Waals surface area contributed by atoms with E-state index < -0.39 is 0 Å². The third-order valence-corrected chi connectivity index (χ3v) is 4.52. The summed E-state index contributed by atoms with van der Waals surface area (Å²) in [6.07, 6.45) is 0. The van der Waals surface area contributed by atoms with Crippen LogP contribution in [-0.2, 0) is 6.61 Å². The highest BCUT2D eigenvalue weighted by molar-refractivity contribution is 9.10. The second kappa shape index (κ2) is 6.80. The van der Waals surface area contributed by atoms with Crippen molar-refractivity contribution in [3.05, 3.63) is 88.4 Å². The van der Waals surface area contributed by atoms with Gasteiger partial charge >= 0.3 is 0 Å². The van der Waals surface area contributed by atoms with E-state index in [4.69, 9.17) is 4.74 Å². The zero-order valence-electron chi connectivity index (χ0n) is 12.4. The standard InChI is InChI=1S/C20H17BrO/c1-15-19(11-6-12-20(15)21)17-9-5-10-18(13-17)22-14-16-7-3-2-4-8-16/h2-13H,14H2,1H3. The molecule has 3 rings (SSSR count). The molecule has 0 saturated heterocycles. The quantitative estimate of drug-likeness (QED) is 0.559. The summed E-state index contributed by atoms with van der Waals surface area (Å²) >= 11 is 3.59. The molecule has 2 heteroatoms. The van der Waals surface area contributed by atoms with Crippen LogP contribution in [0.2, 0.25) is 0 Å². The number of hydrogen-bond donors (Lipinski definition) is 0. The maximum atomic E-state index is 5.91. The summed E-state index contributed by atoms with van der Waals surface area (Å²) in [5.74, 6) is 0.890. The van der Waals surface area contributed by atoms with Crippen LogP contribution in [0, 0.1) is 6.92 Å². The summed E-state index contributed by atoms with van der Waals surface area (Å²) in [4.78, 5) is 0. The molecule has 1 nitrogen and oxygen atoms in total. The Morgan fingerprint density at radius 3 is 2.45 bits per heavy atom. The number of rotatable bonds is 4. The van der Waals surface area contributed by atoms with E-state index in [0.29, 0.717) is 6.61 Å². The summed E-state index contributed by atoms with van der Waals surface area (Å²) in [5.41, 5.74) is 4.80. The smallest absolute Gasteiger partial charge is 0.120 e. The first kappa shape index (κ1) is 14.9. The Kier molecular flexibility index (Phi) is 4.59. The van der Waals surface area contributed by atoms with Gasteiger partial charge in [-0.1, -0.05) is 70.5 Å². The van der Waals surface area contributed by atoms with E-state index in [1.165, 1.54) is 22.3 Å². The fourth-order valence-electron chi connectivity index (χ4n) is 2.41. The van der Waals surface area contributed by atoms with Crippen LogP contribution in [0.4, 0.5) is 0 Å². The van der Waals surface area contributed by atoms with Gasteiger partial charge in [0.25, 0.3) is 0 Å². The predicted molar refractivity (Wildman–Crippen MR) is 95.1 cm³/mol. The Hall–Kier alpha value is -2.06. The minimum Gasteiger partial charge on any atom is -0.489 e. The highest BCUT2D eigenvalue weighted by Crippen LogP contribution is 2.30. The highest BCUT2D eigenvalue weighted by atomic mass is 79.9. The SMILES string of the molecule is Cc1c(Br)cccc1-c1cccc(OCc2ccccc2)c1. The zero-order valence-corrected chi connectivity index (χ0v) is 14.0. The molecular weight excluding hydrogens is 336 g/mol. The van der Waals surface area contributed by atoms with Crippen molar-refractivity contribution < 1.29 is 4.74 Å². The van der Waals surface area contributed by atoms with E-state index in [0.717, 1.165) is 10.2 Å². The van der Waals surface area contributed by atoms with Crippen molar-refractivity contribution in [3.63, 3.8) is 0 Å². The molecule has 0 heterocycles. The van der Waals surface area contributed by atoms with Gasteiger partial charge in [0.2, 0.25) is 0 Å². The van der Waals surface area contributed by atoms with Gasteiger partial charge < -0.3 is 4.74 Å². The minimum absolute atomic E-state index is 0.585. The van der Waals surface area contributed by atoms with Gasteiger partial charge in [0.15, 0.2) is 0 Å². The molecule has 110 valence electrons. The van der Waals surface area contributed by atoms with Gasteiger partial charge in [-0.2, -0.15) is 0 Å². The lowest BCUT2D eigenvalue weighted by Crippen LogP contribution is -1.95. The molecule has 0 atom stereocenters. The summed E-state index contributed by atoms with van der Waals surface area (Å²) in [6.45, 7) is 2.71. The average Bonchev–Trinajstić information content (AvgIpc) is 2.57. The Labute approximate surface area is 139 Å². The zero-order chi connectivity index (χ0) is 15.4. The van der Waals surface area contributed by atoms with Crippen molar-refractivity contribution in [2.24, 2.45) is 0 Å². The molecule has 3 aromatic carbocycles. The first-order valence-corrected chi connectivity index (χ1v) is 8.05. The van der Waals surface area contributed by atoms with E-state index >= 15 is 0 Å². The van der Waals surface area contributed by atoms with Crippen LogP contribution < -0.4 is 4.74 Å². The molecule has 3 aromatic rings. The van der Waals surface area contributed by atoms with Crippen LogP contribution in [0.5, 0.6) is 5.75 Å². The van der Waals surface area contributed by atoms with Crippen molar-refractivity contribution in [1.29, 1.82) is 0 Å². The van der Waals surface area contributed by atoms with Gasteiger partial charge in [-0.25, -0.2) is 0 Å². The van der Waals surface area contributed by atoms with Crippen molar-refractivity contribution >= 4 is 15.9 Å². The van der Waals surface area contributed by atoms with Gasteiger partial charge in [-0.05, 0) is 47.4 Å². The number of hydrogen-bond acceptors (Lipinski definition) is 1. The van der Waals surface area contributed by atoms with E-state index in [1.807, 2.05) is 30.3 Å². The van der Waals surface area contributed by atoms with Crippen LogP contribution in [-0.4, -0.2) is 0 Å². The number of halogens is 1. The largest absolute Gasteiger partial charge is 0.489 e. The lowest BCUT2D eigenvalue weighted by Gasteiger charge is -2.11. The van der Waals surface area contributed by atoms with E-state index in [9.17, 15) is 0 Å². The molecular formula is C20H17BrO. The maximum Gasteiger partial charge on any atom is 0.120 e. The van der Waals surface area contributed by atoms with Crippen LogP contribution in [0.25, 0.3) is 11.1 Å². The van der Waals surface area contributed by atoms with Crippen LogP contribution >= 0.6 is 15.9 Å². The number of benzene rings is 3. The monoisotopic (exact) mass is 352 g/mol. The molecule has 0 aliphatic rings. The third-order valence-electron chi connectivity index (χ3n) is 3.66. The van der Waals surface area contributed by atoms with Gasteiger partial charge in [0, 0.05) is 4.47 Å². The molecule has 0 amide bonds. The molecule has 0 saturated carbocycles. The molecule has 0 aromatic heterocycles. The Bertz CT molecular complexity index is 766. The molecule has 0 fully saturated rings. The van der Waals surface area contributed by atoms with Crippen molar-refractivity contribution in [1.82, 2.24) is 0 Å². The Morgan fingerprint density at radius 2 is 1.64 bits per heavy atom. The molecule has 0 aliphatic heterocycles. The highest BCUT2D eigenvalue weighted by Gasteiger charge is 2.05. The first-order chi connectivity index (χ1) is 10.7. The van der Waals surface area contributed by atoms with E-state index in [2.05, 4.69) is 65.3 Å². The molecule has 0 aliphatic carbocycles. The minimum atomic E-state index is 0.585. The van der Waals surface area contributed by atoms with Crippen LogP contribution in [0.1, 0.15) is 11.1 Å². The second-order valence-electron chi connectivity index (χ2n) is 5.21. The fraction of sp³-hybridized carbons (Fsp3) is 0.100. The molecule has 22 heavy (non-hydrogen) atoms. The van der Waals surface area contributed by atoms with Crippen LogP contribution in [0.15, 0.2) is 77.3 Å². The van der Waals surface area contributed by atoms with Crippen molar-refractivity contribution in [2.45, 2.75) is 13.5 Å². The molecule has 0 unspecified atom stereocenters. The second-order valence-corrected chi connectivity index (χ2v) is 6.07. The van der Waals surface area contributed by atoms with Gasteiger partial charge in [-0.3, -0.25) is 0 Å². The molecule has 0 spiro atoms. The topological polar surface area (TPSA) is 9.23 Å². The van der Waals surface area contributed by atoms with E-state index in [-0.39, 0.29) is 0 Å². The van der Waals surface area contributed by atoms with Gasteiger partial charge in [0.05, 0.1) is 0 Å². The molecule has 0 N–H and O–H groups in total. The first-order valence-electron chi connectivity index (χ1n) is 7.26. The predicted octanol–water partition coefficient (Wildman–Crippen LogP) is 6.00. The number of ether oxygens (including phenoxy) is 1. The lowest BCUT2D eigenvalue weighted by atomic mass is 10.0. The normalized spacial score (nSPS) is 10.5. The molecule has 0 radical (unpaired) electrons. The lowest BCUT2D eigenvalue weighted by molar-refractivity contribution is 0.306. The third kappa shape index (κ3) is 3.40. The van der Waals surface area contributed by atoms with Crippen LogP contribution in [0.3, 0.4) is 0 Å². The Morgan fingerprint density at radius 1 is 0.864 bits per heavy atom. The summed E-state index contributed by atoms with van der Waals surface area (Å²) in [5, 5.41) is 0. The fourth-order valence-corrected chi connectivity index (χ4v) is 2.78. The maximum absolute atomic E-state index is 5.91. The molecule has 0 bridgehead atoms. The summed E-state index contributed by atoms with van der Waals surface area (Å²) in [6, 6.07) is 24.7. The van der Waals surface area contributed by atoms with E-state index in [1.54, 1.807) is 0 Å². The van der Waals surface area contributed by atoms with Gasteiger partial charge in [0.1, 0.15) is 12.4 Å². The van der Waals surface area contributed by atoms with Crippen molar-refractivity contribution in [2.75, 3.05) is 0 Å². The summed E-state index contributed by atoms with van der Waals surface area (Å²) < 4.78 is 7.04. The van der Waals surface area contributed by atoms with Gasteiger partial charge in [-0.15, -0.1) is 0 Å². The van der Waals surface area contributed by atoms with Crippen molar-refractivity contribution in [3.8, 4) is 16.9 Å². The average molecular weight is 353 g/mol.